The first kappa shape index (κ1) is 16.3. The molecule has 118 valence electrons. The summed E-state index contributed by atoms with van der Waals surface area (Å²) in [6.07, 6.45) is -4.53. The quantitative estimate of drug-likeness (QED) is 0.806. The summed E-state index contributed by atoms with van der Waals surface area (Å²) in [5, 5.41) is 0. The van der Waals surface area contributed by atoms with E-state index in [-0.39, 0.29) is 10.6 Å². The molecule has 0 fully saturated rings. The van der Waals surface area contributed by atoms with Crippen LogP contribution in [0.5, 0.6) is 0 Å². The summed E-state index contributed by atoms with van der Waals surface area (Å²) >= 11 is 0. The van der Waals surface area contributed by atoms with Crippen molar-refractivity contribution < 1.29 is 26.4 Å². The summed E-state index contributed by atoms with van der Waals surface area (Å²) in [5.41, 5.74) is -0.681. The van der Waals surface area contributed by atoms with E-state index in [0.717, 1.165) is 19.2 Å². The fraction of sp³-hybridized carbons (Fsp3) is 0.143. The fourth-order valence-corrected chi connectivity index (χ4v) is 3.07. The van der Waals surface area contributed by atoms with Gasteiger partial charge >= 0.3 is 6.18 Å². The molecule has 0 amide bonds. The zero-order chi connectivity index (χ0) is 16.4. The van der Waals surface area contributed by atoms with Crippen LogP contribution in [0.4, 0.5) is 18.9 Å². The van der Waals surface area contributed by atoms with Gasteiger partial charge in [0, 0.05) is 0 Å². The normalized spacial score (nSPS) is 12.2. The Kier molecular flexibility index (Phi) is 4.43. The van der Waals surface area contributed by atoms with E-state index in [1.54, 1.807) is 18.2 Å². The van der Waals surface area contributed by atoms with Crippen LogP contribution in [-0.2, 0) is 21.0 Å². The molecule has 0 saturated heterocycles. The zero-order valence-corrected chi connectivity index (χ0v) is 12.2. The van der Waals surface area contributed by atoms with Gasteiger partial charge in [-0.25, -0.2) is 0 Å². The van der Waals surface area contributed by atoms with Gasteiger partial charge in [0.05, 0.1) is 23.3 Å². The Bertz CT molecular complexity index is 728. The summed E-state index contributed by atoms with van der Waals surface area (Å²) in [5.74, 6) is 0. The monoisotopic (exact) mass is 331 g/mol. The number of halogens is 3. The number of rotatable bonds is 4. The third-order valence-electron chi connectivity index (χ3n) is 2.83. The van der Waals surface area contributed by atoms with Gasteiger partial charge in [-0.3, -0.25) is 4.84 Å². The van der Waals surface area contributed by atoms with Crippen LogP contribution in [0, 0.1) is 0 Å². The lowest BCUT2D eigenvalue weighted by molar-refractivity contribution is -0.137. The van der Waals surface area contributed by atoms with Crippen molar-refractivity contribution in [2.45, 2.75) is 11.1 Å². The van der Waals surface area contributed by atoms with Crippen molar-refractivity contribution in [2.75, 3.05) is 11.6 Å². The van der Waals surface area contributed by atoms with Crippen LogP contribution in [0.3, 0.4) is 0 Å². The van der Waals surface area contributed by atoms with Crippen molar-refractivity contribution in [3.8, 4) is 0 Å². The summed E-state index contributed by atoms with van der Waals surface area (Å²) in [4.78, 5) is 4.58. The van der Waals surface area contributed by atoms with Gasteiger partial charge in [-0.2, -0.15) is 21.6 Å². The Morgan fingerprint density at radius 2 is 1.50 bits per heavy atom. The lowest BCUT2D eigenvalue weighted by Gasteiger charge is -2.21. The van der Waals surface area contributed by atoms with E-state index in [0.29, 0.717) is 16.6 Å². The number of hydrogen-bond donors (Lipinski definition) is 0. The summed E-state index contributed by atoms with van der Waals surface area (Å²) < 4.78 is 63.1. The molecule has 8 heteroatoms. The Morgan fingerprint density at radius 3 is 1.95 bits per heavy atom. The van der Waals surface area contributed by atoms with Crippen LogP contribution in [-0.4, -0.2) is 15.5 Å². The number of nitrogens with zero attached hydrogens (tertiary/aromatic N) is 1. The second-order valence-corrected chi connectivity index (χ2v) is 6.03. The second kappa shape index (κ2) is 5.98. The first-order valence-electron chi connectivity index (χ1n) is 6.08. The maximum absolute atomic E-state index is 12.5. The molecule has 0 aliphatic carbocycles. The summed E-state index contributed by atoms with van der Waals surface area (Å²) in [6, 6.07) is 11.2. The van der Waals surface area contributed by atoms with Gasteiger partial charge in [-0.05, 0) is 36.4 Å². The standard InChI is InChI=1S/C14H12F3NO3S/c1-21-18(12-5-3-2-4-6-12)22(19,20)13-9-7-11(8-10-13)14(15,16)17/h2-10H,1H3. The number of sulfonamides is 1. The van der Waals surface area contributed by atoms with Crippen LogP contribution in [0.2, 0.25) is 0 Å². The molecule has 2 aromatic carbocycles. The molecule has 0 unspecified atom stereocenters. The van der Waals surface area contributed by atoms with Crippen molar-refractivity contribution in [3.63, 3.8) is 0 Å². The molecule has 0 aliphatic rings. The van der Waals surface area contributed by atoms with E-state index >= 15 is 0 Å². The van der Waals surface area contributed by atoms with E-state index in [2.05, 4.69) is 0 Å². The second-order valence-electron chi connectivity index (χ2n) is 4.27. The van der Waals surface area contributed by atoms with Gasteiger partial charge < -0.3 is 0 Å². The van der Waals surface area contributed by atoms with Crippen LogP contribution in [0.1, 0.15) is 5.56 Å². The molecular formula is C14H12F3NO3S. The Morgan fingerprint density at radius 1 is 0.955 bits per heavy atom. The summed E-state index contributed by atoms with van der Waals surface area (Å²) in [7, 11) is -2.96. The van der Waals surface area contributed by atoms with Gasteiger partial charge in [0.1, 0.15) is 0 Å². The number of para-hydroxylation sites is 1. The highest BCUT2D eigenvalue weighted by molar-refractivity contribution is 7.92. The van der Waals surface area contributed by atoms with Crippen molar-refractivity contribution in [1.82, 2.24) is 0 Å². The Hall–Kier alpha value is -2.06. The molecule has 0 saturated carbocycles. The molecule has 0 bridgehead atoms. The van der Waals surface area contributed by atoms with Gasteiger partial charge in [-0.1, -0.05) is 18.2 Å². The maximum atomic E-state index is 12.5. The van der Waals surface area contributed by atoms with Crippen LogP contribution >= 0.6 is 0 Å². The van der Waals surface area contributed by atoms with E-state index in [1.807, 2.05) is 0 Å². The number of hydrogen-bond acceptors (Lipinski definition) is 3. The van der Waals surface area contributed by atoms with E-state index < -0.39 is 21.8 Å². The van der Waals surface area contributed by atoms with Crippen molar-refractivity contribution >= 4 is 15.7 Å². The lowest BCUT2D eigenvalue weighted by Crippen LogP contribution is -2.29. The molecule has 0 atom stereocenters. The van der Waals surface area contributed by atoms with Crippen molar-refractivity contribution in [2.24, 2.45) is 0 Å². The molecule has 2 rings (SSSR count). The van der Waals surface area contributed by atoms with E-state index in [1.165, 1.54) is 12.1 Å². The predicted octanol–water partition coefficient (Wildman–Crippen LogP) is 3.46. The molecular weight excluding hydrogens is 319 g/mol. The maximum Gasteiger partial charge on any atom is 0.416 e. The molecule has 0 aliphatic heterocycles. The molecule has 0 spiro atoms. The van der Waals surface area contributed by atoms with Gasteiger partial charge in [0.25, 0.3) is 10.0 Å². The third kappa shape index (κ3) is 3.23. The molecule has 22 heavy (non-hydrogen) atoms. The smallest absolute Gasteiger partial charge is 0.262 e. The lowest BCUT2D eigenvalue weighted by atomic mass is 10.2. The number of alkyl halides is 3. The highest BCUT2D eigenvalue weighted by atomic mass is 32.2. The first-order valence-corrected chi connectivity index (χ1v) is 7.52. The fourth-order valence-electron chi connectivity index (χ4n) is 1.80. The topological polar surface area (TPSA) is 46.6 Å². The van der Waals surface area contributed by atoms with Gasteiger partial charge in [-0.15, -0.1) is 4.47 Å². The first-order chi connectivity index (χ1) is 10.3. The molecule has 4 nitrogen and oxygen atoms in total. The number of benzene rings is 2. The Labute approximate surface area is 125 Å². The largest absolute Gasteiger partial charge is 0.416 e. The van der Waals surface area contributed by atoms with Gasteiger partial charge in [0.2, 0.25) is 0 Å². The average molecular weight is 331 g/mol. The van der Waals surface area contributed by atoms with Crippen molar-refractivity contribution in [3.05, 3.63) is 60.2 Å². The third-order valence-corrected chi connectivity index (χ3v) is 4.50. The Balaban J connectivity index is 2.41. The minimum absolute atomic E-state index is 0.241. The average Bonchev–Trinajstić information content (AvgIpc) is 2.48. The molecule has 0 radical (unpaired) electrons. The van der Waals surface area contributed by atoms with Crippen molar-refractivity contribution in [1.29, 1.82) is 0 Å². The minimum Gasteiger partial charge on any atom is -0.262 e. The van der Waals surface area contributed by atoms with Crippen LogP contribution in [0.25, 0.3) is 0 Å². The SMILES string of the molecule is CON(c1ccccc1)S(=O)(=O)c1ccc(C(F)(F)F)cc1. The predicted molar refractivity (Wildman–Crippen MR) is 74.6 cm³/mol. The number of anilines is 1. The summed E-state index contributed by atoms with van der Waals surface area (Å²) in [6.45, 7) is 0. The molecule has 0 heterocycles. The van der Waals surface area contributed by atoms with Crippen LogP contribution < -0.4 is 4.47 Å². The zero-order valence-electron chi connectivity index (χ0n) is 11.4. The molecule has 0 N–H and O–H groups in total. The van der Waals surface area contributed by atoms with E-state index in [4.69, 9.17) is 4.84 Å². The highest BCUT2D eigenvalue weighted by Crippen LogP contribution is 2.31. The molecule has 0 aromatic heterocycles. The minimum atomic E-state index is -4.53. The molecule has 2 aromatic rings. The van der Waals surface area contributed by atoms with Crippen LogP contribution in [0.15, 0.2) is 59.5 Å². The van der Waals surface area contributed by atoms with E-state index in [9.17, 15) is 21.6 Å². The van der Waals surface area contributed by atoms with Gasteiger partial charge in [0.15, 0.2) is 0 Å². The highest BCUT2D eigenvalue weighted by Gasteiger charge is 2.31.